The Morgan fingerprint density at radius 3 is 2.75 bits per heavy atom. The molecule has 3 rings (SSSR count). The Labute approximate surface area is 173 Å². The summed E-state index contributed by atoms with van der Waals surface area (Å²) in [5.41, 5.74) is 5.55. The van der Waals surface area contributed by atoms with Crippen molar-refractivity contribution >= 4 is 35.5 Å². The van der Waals surface area contributed by atoms with Crippen LogP contribution in [0.15, 0.2) is 58.8 Å². The van der Waals surface area contributed by atoms with Crippen molar-refractivity contribution in [3.8, 4) is 11.4 Å². The van der Waals surface area contributed by atoms with E-state index in [1.165, 1.54) is 11.8 Å². The molecule has 0 fully saturated rings. The number of carbonyl (C=O) groups excluding carboxylic acids is 1. The maximum absolute atomic E-state index is 12.1. The largest absolute Gasteiger partial charge is 0.302 e. The van der Waals surface area contributed by atoms with Crippen LogP contribution in [0.1, 0.15) is 18.1 Å². The van der Waals surface area contributed by atoms with E-state index in [1.54, 1.807) is 6.21 Å². The maximum atomic E-state index is 12.1. The van der Waals surface area contributed by atoms with Crippen molar-refractivity contribution in [3.05, 3.63) is 64.7 Å². The number of aryl methyl sites for hydroxylation is 1. The lowest BCUT2D eigenvalue weighted by Crippen LogP contribution is -2.20. The highest BCUT2D eigenvalue weighted by molar-refractivity contribution is 7.99. The van der Waals surface area contributed by atoms with Crippen LogP contribution in [0, 0.1) is 6.92 Å². The van der Waals surface area contributed by atoms with Gasteiger partial charge in [-0.15, -0.1) is 10.2 Å². The molecule has 0 aliphatic heterocycles. The molecule has 28 heavy (non-hydrogen) atoms. The maximum Gasteiger partial charge on any atom is 0.250 e. The molecule has 6 nitrogen and oxygen atoms in total. The highest BCUT2D eigenvalue weighted by Gasteiger charge is 2.14. The van der Waals surface area contributed by atoms with E-state index in [-0.39, 0.29) is 11.7 Å². The lowest BCUT2D eigenvalue weighted by molar-refractivity contribution is -0.118. The Bertz CT molecular complexity index is 985. The SMILES string of the molecule is CCn1c(SCC(=O)N/N=C\c2cccc(C)c2)nnc1-c1ccc(Cl)cc1. The first-order valence-corrected chi connectivity index (χ1v) is 10.1. The number of benzene rings is 2. The Hall–Kier alpha value is -2.64. The number of hydrazone groups is 1. The van der Waals surface area contributed by atoms with Crippen molar-refractivity contribution in [1.29, 1.82) is 0 Å². The molecule has 1 heterocycles. The van der Waals surface area contributed by atoms with Gasteiger partial charge in [-0.2, -0.15) is 5.10 Å². The van der Waals surface area contributed by atoms with Gasteiger partial charge in [0, 0.05) is 17.1 Å². The zero-order valence-electron chi connectivity index (χ0n) is 15.6. The number of halogens is 1. The fraction of sp³-hybridized carbons (Fsp3) is 0.200. The molecule has 0 unspecified atom stereocenters. The molecule has 0 atom stereocenters. The molecule has 0 aliphatic rings. The Balaban J connectivity index is 1.59. The second-order valence-corrected chi connectivity index (χ2v) is 7.43. The van der Waals surface area contributed by atoms with Crippen molar-refractivity contribution in [2.75, 3.05) is 5.75 Å². The molecule has 2 aromatic carbocycles. The molecular weight excluding hydrogens is 394 g/mol. The van der Waals surface area contributed by atoms with Crippen LogP contribution in [-0.2, 0) is 11.3 Å². The van der Waals surface area contributed by atoms with Crippen molar-refractivity contribution in [1.82, 2.24) is 20.2 Å². The van der Waals surface area contributed by atoms with Gasteiger partial charge in [0.15, 0.2) is 11.0 Å². The molecule has 0 bridgehead atoms. The van der Waals surface area contributed by atoms with E-state index >= 15 is 0 Å². The predicted molar refractivity (Wildman–Crippen MR) is 114 cm³/mol. The molecule has 8 heteroatoms. The number of hydrogen-bond donors (Lipinski definition) is 1. The summed E-state index contributed by atoms with van der Waals surface area (Å²) in [5.74, 6) is 0.747. The van der Waals surface area contributed by atoms with Gasteiger partial charge in [0.05, 0.1) is 12.0 Å². The predicted octanol–water partition coefficient (Wildman–Crippen LogP) is 4.17. The summed E-state index contributed by atoms with van der Waals surface area (Å²) >= 11 is 7.27. The smallest absolute Gasteiger partial charge is 0.250 e. The van der Waals surface area contributed by atoms with Crippen molar-refractivity contribution in [3.63, 3.8) is 0 Å². The second-order valence-electron chi connectivity index (χ2n) is 6.05. The van der Waals surface area contributed by atoms with Crippen molar-refractivity contribution < 1.29 is 4.79 Å². The van der Waals surface area contributed by atoms with E-state index in [9.17, 15) is 4.79 Å². The summed E-state index contributed by atoms with van der Waals surface area (Å²) in [6, 6.07) is 15.3. The number of aromatic nitrogens is 3. The first-order chi connectivity index (χ1) is 13.6. The van der Waals surface area contributed by atoms with Crippen LogP contribution in [0.2, 0.25) is 5.02 Å². The van der Waals surface area contributed by atoms with Crippen LogP contribution < -0.4 is 5.43 Å². The quantitative estimate of drug-likeness (QED) is 0.358. The zero-order valence-corrected chi connectivity index (χ0v) is 17.2. The third-order valence-corrected chi connectivity index (χ3v) is 5.13. The summed E-state index contributed by atoms with van der Waals surface area (Å²) in [4.78, 5) is 12.1. The third kappa shape index (κ3) is 5.21. The molecule has 144 valence electrons. The number of nitrogens with one attached hydrogen (secondary N) is 1. The number of thioether (sulfide) groups is 1. The van der Waals surface area contributed by atoms with Gasteiger partial charge in [-0.05, 0) is 43.7 Å². The molecule has 1 N–H and O–H groups in total. The first kappa shape index (κ1) is 20.1. The van der Waals surface area contributed by atoms with E-state index in [2.05, 4.69) is 20.7 Å². The zero-order chi connectivity index (χ0) is 19.9. The van der Waals surface area contributed by atoms with Crippen molar-refractivity contribution in [2.45, 2.75) is 25.5 Å². The normalized spacial score (nSPS) is 11.1. The van der Waals surface area contributed by atoms with Gasteiger partial charge in [-0.3, -0.25) is 4.79 Å². The molecule has 0 radical (unpaired) electrons. The first-order valence-electron chi connectivity index (χ1n) is 8.77. The lowest BCUT2D eigenvalue weighted by atomic mass is 10.2. The number of amides is 1. The summed E-state index contributed by atoms with van der Waals surface area (Å²) in [6.07, 6.45) is 1.63. The van der Waals surface area contributed by atoms with E-state index in [1.807, 2.05) is 66.9 Å². The standard InChI is InChI=1S/C20H20ClN5OS/c1-3-26-19(16-7-9-17(21)10-8-16)24-25-20(26)28-13-18(27)23-22-12-15-6-4-5-14(2)11-15/h4-12H,3,13H2,1-2H3,(H,23,27)/b22-12-. The van der Waals surface area contributed by atoms with Gasteiger partial charge in [0.1, 0.15) is 0 Å². The van der Waals surface area contributed by atoms with E-state index in [0.717, 1.165) is 22.5 Å². The van der Waals surface area contributed by atoms with Gasteiger partial charge in [0.25, 0.3) is 5.91 Å². The average molecular weight is 414 g/mol. The number of carbonyl (C=O) groups is 1. The van der Waals surface area contributed by atoms with Crippen LogP contribution in [0.5, 0.6) is 0 Å². The van der Waals surface area contributed by atoms with E-state index in [4.69, 9.17) is 11.6 Å². The van der Waals surface area contributed by atoms with Gasteiger partial charge in [0.2, 0.25) is 0 Å². The van der Waals surface area contributed by atoms with E-state index < -0.39 is 0 Å². The van der Waals surface area contributed by atoms with Crippen LogP contribution in [0.4, 0.5) is 0 Å². The molecule has 0 aliphatic carbocycles. The number of hydrogen-bond acceptors (Lipinski definition) is 5. The summed E-state index contributed by atoms with van der Waals surface area (Å²) in [5, 5.41) is 13.8. The molecule has 0 saturated heterocycles. The van der Waals surface area contributed by atoms with Gasteiger partial charge in [-0.25, -0.2) is 5.43 Å². The molecule has 0 saturated carbocycles. The fourth-order valence-corrected chi connectivity index (χ4v) is 3.51. The van der Waals surface area contributed by atoms with Gasteiger partial charge < -0.3 is 4.57 Å². The minimum Gasteiger partial charge on any atom is -0.302 e. The Kier molecular flexibility index (Phi) is 6.84. The minimum atomic E-state index is -0.201. The number of rotatable bonds is 7. The van der Waals surface area contributed by atoms with Gasteiger partial charge in [-0.1, -0.05) is 53.2 Å². The highest BCUT2D eigenvalue weighted by atomic mass is 35.5. The molecule has 3 aromatic rings. The molecule has 0 spiro atoms. The lowest BCUT2D eigenvalue weighted by Gasteiger charge is -2.07. The van der Waals surface area contributed by atoms with Gasteiger partial charge >= 0.3 is 0 Å². The summed E-state index contributed by atoms with van der Waals surface area (Å²) < 4.78 is 1.97. The molecular formula is C20H20ClN5OS. The topological polar surface area (TPSA) is 72.2 Å². The average Bonchev–Trinajstić information content (AvgIpc) is 3.10. The van der Waals surface area contributed by atoms with E-state index in [0.29, 0.717) is 16.7 Å². The fourth-order valence-electron chi connectivity index (χ4n) is 2.58. The molecule has 1 amide bonds. The molecule has 1 aromatic heterocycles. The number of nitrogens with zero attached hydrogens (tertiary/aromatic N) is 4. The second kappa shape index (κ2) is 9.52. The summed E-state index contributed by atoms with van der Waals surface area (Å²) in [6.45, 7) is 4.72. The Morgan fingerprint density at radius 2 is 2.04 bits per heavy atom. The van der Waals surface area contributed by atoms with Crippen LogP contribution >= 0.6 is 23.4 Å². The third-order valence-electron chi connectivity index (χ3n) is 3.91. The van der Waals surface area contributed by atoms with Crippen LogP contribution in [0.25, 0.3) is 11.4 Å². The Morgan fingerprint density at radius 1 is 1.25 bits per heavy atom. The minimum absolute atomic E-state index is 0.198. The van der Waals surface area contributed by atoms with Crippen LogP contribution in [-0.4, -0.2) is 32.6 Å². The summed E-state index contributed by atoms with van der Waals surface area (Å²) in [7, 11) is 0. The van der Waals surface area contributed by atoms with Crippen molar-refractivity contribution in [2.24, 2.45) is 5.10 Å². The highest BCUT2D eigenvalue weighted by Crippen LogP contribution is 2.24. The monoisotopic (exact) mass is 413 g/mol. The van der Waals surface area contributed by atoms with Crippen LogP contribution in [0.3, 0.4) is 0 Å².